The maximum absolute atomic E-state index is 5.91. The first-order valence-corrected chi connectivity index (χ1v) is 8.07. The van der Waals surface area contributed by atoms with Crippen molar-refractivity contribution in [2.24, 2.45) is 0 Å². The van der Waals surface area contributed by atoms with E-state index in [9.17, 15) is 0 Å². The van der Waals surface area contributed by atoms with Gasteiger partial charge in [0.1, 0.15) is 0 Å². The molecule has 0 radical (unpaired) electrons. The topological polar surface area (TPSA) is 9.23 Å². The third-order valence-electron chi connectivity index (χ3n) is 3.40. The van der Waals surface area contributed by atoms with Crippen LogP contribution in [0.15, 0.2) is 28.7 Å². The summed E-state index contributed by atoms with van der Waals surface area (Å²) in [6, 6.07) is 8.63. The van der Waals surface area contributed by atoms with Crippen LogP contribution in [0.1, 0.15) is 37.7 Å². The maximum Gasteiger partial charge on any atom is 0.0585 e. The molecule has 3 heteroatoms. The molecule has 1 aliphatic heterocycles. The van der Waals surface area contributed by atoms with Crippen LogP contribution in [0.4, 0.5) is 0 Å². The summed E-state index contributed by atoms with van der Waals surface area (Å²) in [4.78, 5) is 0. The Morgan fingerprint density at radius 3 is 2.53 bits per heavy atom. The van der Waals surface area contributed by atoms with Gasteiger partial charge in [0.25, 0.3) is 0 Å². The van der Waals surface area contributed by atoms with Crippen LogP contribution in [0.5, 0.6) is 0 Å². The number of benzene rings is 1. The molecule has 0 aromatic heterocycles. The van der Waals surface area contributed by atoms with Crippen LogP contribution in [0, 0.1) is 0 Å². The summed E-state index contributed by atoms with van der Waals surface area (Å²) < 4.78 is 7.05. The van der Waals surface area contributed by atoms with E-state index in [4.69, 9.17) is 4.74 Å². The Morgan fingerprint density at radius 2 is 2.00 bits per heavy atom. The van der Waals surface area contributed by atoms with E-state index in [1.54, 1.807) is 0 Å². The largest absolute Gasteiger partial charge is 0.375 e. The fraction of sp³-hybridized carbons (Fsp3) is 0.571. The Hall–Kier alpha value is 0.140. The minimum atomic E-state index is 0.441. The lowest BCUT2D eigenvalue weighted by atomic mass is 9.94. The second-order valence-electron chi connectivity index (χ2n) is 4.78. The van der Waals surface area contributed by atoms with Crippen LogP contribution >= 0.6 is 31.9 Å². The van der Waals surface area contributed by atoms with Crippen molar-refractivity contribution in [3.05, 3.63) is 34.3 Å². The van der Waals surface area contributed by atoms with E-state index in [1.807, 2.05) is 0 Å². The summed E-state index contributed by atoms with van der Waals surface area (Å²) in [6.07, 6.45) is 4.43. The zero-order valence-corrected chi connectivity index (χ0v) is 13.2. The van der Waals surface area contributed by atoms with Gasteiger partial charge in [0, 0.05) is 9.80 Å². The molecule has 0 spiro atoms. The van der Waals surface area contributed by atoms with E-state index >= 15 is 0 Å². The normalized spacial score (nSPS) is 26.1. The highest BCUT2D eigenvalue weighted by Crippen LogP contribution is 2.31. The number of halogens is 2. The molecule has 17 heavy (non-hydrogen) atoms. The second-order valence-corrected chi connectivity index (χ2v) is 6.35. The van der Waals surface area contributed by atoms with Gasteiger partial charge in [0.05, 0.1) is 12.2 Å². The Balaban J connectivity index is 1.98. The smallest absolute Gasteiger partial charge is 0.0585 e. The lowest BCUT2D eigenvalue weighted by Crippen LogP contribution is -2.14. The minimum Gasteiger partial charge on any atom is -0.375 e. The molecule has 1 heterocycles. The molecule has 1 aromatic rings. The highest BCUT2D eigenvalue weighted by molar-refractivity contribution is 9.10. The standard InChI is InChI=1S/C14H18Br2O/c1-10-2-7-14(17-10)8-12(9-15)11-3-5-13(16)6-4-11/h3-6,10,12,14H,2,7-9H2,1H3. The molecule has 2 rings (SSSR count). The molecule has 0 aliphatic carbocycles. The molecule has 0 amide bonds. The van der Waals surface area contributed by atoms with Gasteiger partial charge < -0.3 is 4.74 Å². The van der Waals surface area contributed by atoms with Gasteiger partial charge in [-0.05, 0) is 49.8 Å². The van der Waals surface area contributed by atoms with E-state index in [2.05, 4.69) is 63.0 Å². The zero-order chi connectivity index (χ0) is 12.3. The minimum absolute atomic E-state index is 0.441. The van der Waals surface area contributed by atoms with Gasteiger partial charge in [0.15, 0.2) is 0 Å². The first-order valence-electron chi connectivity index (χ1n) is 6.16. The van der Waals surface area contributed by atoms with Crippen LogP contribution in [-0.2, 0) is 4.74 Å². The van der Waals surface area contributed by atoms with Crippen molar-refractivity contribution in [1.29, 1.82) is 0 Å². The van der Waals surface area contributed by atoms with Crippen molar-refractivity contribution in [3.8, 4) is 0 Å². The average molecular weight is 362 g/mol. The number of hydrogen-bond acceptors (Lipinski definition) is 1. The molecule has 0 saturated carbocycles. The van der Waals surface area contributed by atoms with Crippen molar-refractivity contribution >= 4 is 31.9 Å². The monoisotopic (exact) mass is 360 g/mol. The summed E-state index contributed by atoms with van der Waals surface area (Å²) in [6.45, 7) is 2.17. The van der Waals surface area contributed by atoms with Crippen molar-refractivity contribution in [2.45, 2.75) is 44.3 Å². The van der Waals surface area contributed by atoms with Gasteiger partial charge in [-0.2, -0.15) is 0 Å². The quantitative estimate of drug-likeness (QED) is 0.694. The highest BCUT2D eigenvalue weighted by Gasteiger charge is 2.25. The van der Waals surface area contributed by atoms with Crippen LogP contribution in [0.3, 0.4) is 0 Å². The molecule has 3 unspecified atom stereocenters. The van der Waals surface area contributed by atoms with Crippen LogP contribution < -0.4 is 0 Å². The molecular weight excluding hydrogens is 344 g/mol. The Kier molecular flexibility index (Phi) is 5.07. The van der Waals surface area contributed by atoms with E-state index in [1.165, 1.54) is 18.4 Å². The second kappa shape index (κ2) is 6.35. The van der Waals surface area contributed by atoms with Crippen molar-refractivity contribution < 1.29 is 4.74 Å². The predicted molar refractivity (Wildman–Crippen MR) is 78.9 cm³/mol. The zero-order valence-electron chi connectivity index (χ0n) is 10.0. The van der Waals surface area contributed by atoms with E-state index in [0.717, 1.165) is 16.2 Å². The number of hydrogen-bond donors (Lipinski definition) is 0. The molecule has 3 atom stereocenters. The molecule has 1 aromatic carbocycles. The molecule has 1 saturated heterocycles. The van der Waals surface area contributed by atoms with E-state index in [-0.39, 0.29) is 0 Å². The number of rotatable bonds is 4. The first kappa shape index (κ1) is 13.6. The van der Waals surface area contributed by atoms with Crippen molar-refractivity contribution in [2.75, 3.05) is 5.33 Å². The molecular formula is C14H18Br2O. The number of alkyl halides is 1. The summed E-state index contributed by atoms with van der Waals surface area (Å²) >= 11 is 7.10. The fourth-order valence-corrected chi connectivity index (χ4v) is 3.30. The molecule has 1 aliphatic rings. The van der Waals surface area contributed by atoms with Crippen LogP contribution in [0.2, 0.25) is 0 Å². The van der Waals surface area contributed by atoms with Crippen molar-refractivity contribution in [3.63, 3.8) is 0 Å². The lowest BCUT2D eigenvalue weighted by molar-refractivity contribution is 0.0479. The third kappa shape index (κ3) is 3.80. The van der Waals surface area contributed by atoms with Gasteiger partial charge >= 0.3 is 0 Å². The summed E-state index contributed by atoms with van der Waals surface area (Å²) in [5, 5.41) is 1.00. The van der Waals surface area contributed by atoms with E-state index < -0.39 is 0 Å². The summed E-state index contributed by atoms with van der Waals surface area (Å²) in [5.74, 6) is 0.554. The first-order chi connectivity index (χ1) is 8.19. The van der Waals surface area contributed by atoms with Crippen molar-refractivity contribution in [1.82, 2.24) is 0 Å². The SMILES string of the molecule is CC1CCC(CC(CBr)c2ccc(Br)cc2)O1. The summed E-state index contributed by atoms with van der Waals surface area (Å²) in [7, 11) is 0. The summed E-state index contributed by atoms with van der Waals surface area (Å²) in [5.41, 5.74) is 1.40. The Bertz CT molecular complexity index is 350. The average Bonchev–Trinajstić information content (AvgIpc) is 2.73. The lowest BCUT2D eigenvalue weighted by Gasteiger charge is -2.19. The molecule has 94 valence electrons. The molecule has 0 bridgehead atoms. The molecule has 0 N–H and O–H groups in total. The third-order valence-corrected chi connectivity index (χ3v) is 4.71. The fourth-order valence-electron chi connectivity index (χ4n) is 2.40. The maximum atomic E-state index is 5.91. The predicted octanol–water partition coefficient (Wildman–Crippen LogP) is 4.89. The Morgan fingerprint density at radius 1 is 1.29 bits per heavy atom. The van der Waals surface area contributed by atoms with E-state index in [0.29, 0.717) is 18.1 Å². The number of ether oxygens (including phenoxy) is 1. The molecule has 1 nitrogen and oxygen atoms in total. The van der Waals surface area contributed by atoms with Gasteiger partial charge in [-0.3, -0.25) is 0 Å². The Labute approximate surface area is 120 Å². The van der Waals surface area contributed by atoms with Crippen LogP contribution in [0.25, 0.3) is 0 Å². The highest BCUT2D eigenvalue weighted by atomic mass is 79.9. The van der Waals surface area contributed by atoms with Gasteiger partial charge in [-0.25, -0.2) is 0 Å². The van der Waals surface area contributed by atoms with Gasteiger partial charge in [-0.15, -0.1) is 0 Å². The van der Waals surface area contributed by atoms with Crippen LogP contribution in [-0.4, -0.2) is 17.5 Å². The van der Waals surface area contributed by atoms with Gasteiger partial charge in [0.2, 0.25) is 0 Å². The molecule has 1 fully saturated rings. The van der Waals surface area contributed by atoms with Gasteiger partial charge in [-0.1, -0.05) is 44.0 Å².